The maximum absolute atomic E-state index is 13.4. The Morgan fingerprint density at radius 2 is 1.42 bits per heavy atom. The molecule has 1 atom stereocenters. The van der Waals surface area contributed by atoms with Crippen LogP contribution in [0.4, 0.5) is 5.69 Å². The molecule has 10 rings (SSSR count). The summed E-state index contributed by atoms with van der Waals surface area (Å²) in [5, 5.41) is 3.70. The lowest BCUT2D eigenvalue weighted by Gasteiger charge is -2.49. The number of rotatable bonds is 10. The molecule has 1 N–H and O–H groups in total. The van der Waals surface area contributed by atoms with Gasteiger partial charge in [-0.1, -0.05) is 0 Å². The standard InChI is InChI=1S/C51H62N8O7/c1-54-31-41(37-10-17-52-29-40(37)48(54)62)34-26-44(65-2)42(45(27-34)66-3)32-56-22-24-58(25-23-56)35-8-13-51(14-9-35)15-20-55(21-16-51)30-33-11-18-57(19-12-33)36-4-5-38-39(28-36)50(64)59(49(38)63)43-6-7-46(60)53-47(43)61/h4-5,10,17,26-29,31,33,35,43H,6-9,11-16,18-25,30,32H2,1-3H3,(H,53,60,61). The average Bonchev–Trinajstić information content (AvgIpc) is 3.59. The predicted octanol–water partition coefficient (Wildman–Crippen LogP) is 5.08. The Labute approximate surface area is 386 Å². The number of likely N-dealkylation sites (tertiary alicyclic amines) is 1. The number of imide groups is 2. The van der Waals surface area contributed by atoms with Crippen molar-refractivity contribution in [2.24, 2.45) is 18.4 Å². The maximum Gasteiger partial charge on any atom is 0.262 e. The number of ether oxygens (including phenoxy) is 2. The molecule has 1 spiro atoms. The summed E-state index contributed by atoms with van der Waals surface area (Å²) in [6, 6.07) is 11.2. The molecule has 1 saturated carbocycles. The first-order chi connectivity index (χ1) is 32.0. The van der Waals surface area contributed by atoms with E-state index in [1.54, 1.807) is 44.3 Å². The highest BCUT2D eigenvalue weighted by atomic mass is 16.5. The molecule has 5 aliphatic heterocycles. The van der Waals surface area contributed by atoms with Crippen molar-refractivity contribution >= 4 is 40.1 Å². The van der Waals surface area contributed by atoms with Crippen molar-refractivity contribution in [3.63, 3.8) is 0 Å². The van der Waals surface area contributed by atoms with Crippen molar-refractivity contribution < 1.29 is 28.7 Å². The quantitative estimate of drug-likeness (QED) is 0.212. The second-order valence-electron chi connectivity index (χ2n) is 19.7. The Hall–Kier alpha value is -5.64. The van der Waals surface area contributed by atoms with Crippen LogP contribution in [0.15, 0.2) is 59.8 Å². The van der Waals surface area contributed by atoms with Gasteiger partial charge in [0.2, 0.25) is 11.8 Å². The van der Waals surface area contributed by atoms with Gasteiger partial charge in [-0.25, -0.2) is 0 Å². The highest BCUT2D eigenvalue weighted by Gasteiger charge is 2.45. The van der Waals surface area contributed by atoms with E-state index in [4.69, 9.17) is 9.47 Å². The number of hydrogen-bond donors (Lipinski definition) is 1. The molecule has 15 heteroatoms. The number of pyridine rings is 2. The number of piperidine rings is 3. The van der Waals surface area contributed by atoms with Gasteiger partial charge in [0.1, 0.15) is 17.5 Å². The number of aryl methyl sites for hydroxylation is 1. The normalized spacial score (nSPS) is 22.6. The zero-order chi connectivity index (χ0) is 45.7. The number of carbonyl (C=O) groups is 4. The molecule has 6 aliphatic rings. The molecule has 0 radical (unpaired) electrons. The number of hydrogen-bond acceptors (Lipinski definition) is 12. The van der Waals surface area contributed by atoms with E-state index in [2.05, 4.69) is 42.0 Å². The fraction of sp³-hybridized carbons (Fsp3) is 0.529. The number of nitrogens with one attached hydrogen (secondary N) is 1. The van der Waals surface area contributed by atoms with Gasteiger partial charge in [-0.05, 0) is 130 Å². The Morgan fingerprint density at radius 1 is 0.727 bits per heavy atom. The van der Waals surface area contributed by atoms with Gasteiger partial charge in [-0.3, -0.25) is 49.0 Å². The van der Waals surface area contributed by atoms with E-state index in [1.165, 1.54) is 51.6 Å². The molecule has 1 unspecified atom stereocenters. The molecule has 348 valence electrons. The number of anilines is 1. The number of methoxy groups -OCH3 is 2. The largest absolute Gasteiger partial charge is 0.496 e. The molecule has 66 heavy (non-hydrogen) atoms. The Bertz CT molecular complexity index is 2570. The summed E-state index contributed by atoms with van der Waals surface area (Å²) >= 11 is 0. The van der Waals surface area contributed by atoms with Crippen LogP contribution in [0.25, 0.3) is 21.9 Å². The Balaban J connectivity index is 0.672. The van der Waals surface area contributed by atoms with Gasteiger partial charge in [-0.2, -0.15) is 0 Å². The highest BCUT2D eigenvalue weighted by molar-refractivity contribution is 6.23. The zero-order valence-corrected chi connectivity index (χ0v) is 38.6. The molecule has 1 aliphatic carbocycles. The Kier molecular flexibility index (Phi) is 12.2. The summed E-state index contributed by atoms with van der Waals surface area (Å²) in [7, 11) is 5.20. The zero-order valence-electron chi connectivity index (χ0n) is 38.6. The molecule has 2 aromatic carbocycles. The van der Waals surface area contributed by atoms with Crippen LogP contribution in [0.3, 0.4) is 0 Å². The number of nitrogens with zero attached hydrogens (tertiary/aromatic N) is 7. The van der Waals surface area contributed by atoms with Crippen LogP contribution in [-0.2, 0) is 23.2 Å². The highest BCUT2D eigenvalue weighted by Crippen LogP contribution is 2.46. The fourth-order valence-electron chi connectivity index (χ4n) is 12.0. The van der Waals surface area contributed by atoms with Crippen LogP contribution < -0.4 is 25.2 Å². The minimum absolute atomic E-state index is 0.0746. The molecule has 0 bridgehead atoms. The van der Waals surface area contributed by atoms with Crippen LogP contribution in [0.5, 0.6) is 11.5 Å². The first-order valence-electron chi connectivity index (χ1n) is 24.0. The van der Waals surface area contributed by atoms with E-state index in [9.17, 15) is 24.0 Å². The van der Waals surface area contributed by atoms with Crippen LogP contribution in [0.2, 0.25) is 0 Å². The summed E-state index contributed by atoms with van der Waals surface area (Å²) in [6.45, 7) is 10.2. The summed E-state index contributed by atoms with van der Waals surface area (Å²) in [6.07, 6.45) is 15.5. The van der Waals surface area contributed by atoms with Crippen molar-refractivity contribution in [2.75, 3.05) is 78.0 Å². The minimum atomic E-state index is -0.954. The molecule has 4 amide bonds. The van der Waals surface area contributed by atoms with Crippen LogP contribution in [0.1, 0.15) is 90.5 Å². The van der Waals surface area contributed by atoms with Gasteiger partial charge >= 0.3 is 0 Å². The number of piperazine rings is 1. The van der Waals surface area contributed by atoms with Gasteiger partial charge in [0.15, 0.2) is 0 Å². The Morgan fingerprint density at radius 3 is 2.11 bits per heavy atom. The molecule has 4 saturated heterocycles. The van der Waals surface area contributed by atoms with Gasteiger partial charge in [0.05, 0.1) is 36.3 Å². The molecule has 15 nitrogen and oxygen atoms in total. The predicted molar refractivity (Wildman–Crippen MR) is 251 cm³/mol. The number of aromatic nitrogens is 2. The second-order valence-corrected chi connectivity index (χ2v) is 19.7. The van der Waals surface area contributed by atoms with Crippen molar-refractivity contribution in [3.05, 3.63) is 82.0 Å². The average molecular weight is 899 g/mol. The molecular formula is C51H62N8O7. The van der Waals surface area contributed by atoms with Gasteiger partial charge < -0.3 is 23.8 Å². The first kappa shape index (κ1) is 44.2. The van der Waals surface area contributed by atoms with E-state index in [-0.39, 0.29) is 24.3 Å². The number of amides is 4. The second kappa shape index (κ2) is 18.2. The smallest absolute Gasteiger partial charge is 0.262 e. The number of fused-ring (bicyclic) bond motifs is 2. The topological polar surface area (TPSA) is 150 Å². The molecular weight excluding hydrogens is 837 g/mol. The summed E-state index contributed by atoms with van der Waals surface area (Å²) in [5.74, 6) is 0.321. The lowest BCUT2D eigenvalue weighted by molar-refractivity contribution is -0.136. The van der Waals surface area contributed by atoms with E-state index in [0.29, 0.717) is 33.9 Å². The van der Waals surface area contributed by atoms with E-state index >= 15 is 0 Å². The van der Waals surface area contributed by atoms with E-state index in [1.807, 2.05) is 24.4 Å². The minimum Gasteiger partial charge on any atom is -0.496 e. The molecule has 5 fully saturated rings. The first-order valence-corrected chi connectivity index (χ1v) is 24.0. The van der Waals surface area contributed by atoms with Crippen molar-refractivity contribution in [1.82, 2.24) is 34.5 Å². The van der Waals surface area contributed by atoms with E-state index in [0.717, 1.165) is 109 Å². The molecule has 2 aromatic heterocycles. The number of carbonyl (C=O) groups excluding carboxylic acids is 4. The van der Waals surface area contributed by atoms with Crippen molar-refractivity contribution in [2.45, 2.75) is 82.8 Å². The fourth-order valence-corrected chi connectivity index (χ4v) is 12.0. The third-order valence-corrected chi connectivity index (χ3v) is 16.1. The van der Waals surface area contributed by atoms with Gasteiger partial charge in [0, 0.05) is 102 Å². The monoisotopic (exact) mass is 898 g/mol. The number of benzene rings is 2. The summed E-state index contributed by atoms with van der Waals surface area (Å²) in [5.41, 5.74) is 4.91. The van der Waals surface area contributed by atoms with Crippen LogP contribution >= 0.6 is 0 Å². The van der Waals surface area contributed by atoms with Gasteiger partial charge in [-0.15, -0.1) is 0 Å². The lowest BCUT2D eigenvalue weighted by atomic mass is 9.66. The lowest BCUT2D eigenvalue weighted by Crippen LogP contribution is -2.54. The molecule has 4 aromatic rings. The third kappa shape index (κ3) is 8.38. The van der Waals surface area contributed by atoms with Crippen molar-refractivity contribution in [1.29, 1.82) is 0 Å². The van der Waals surface area contributed by atoms with Gasteiger partial charge in [0.25, 0.3) is 17.4 Å². The third-order valence-electron chi connectivity index (χ3n) is 16.1. The summed E-state index contributed by atoms with van der Waals surface area (Å²) in [4.78, 5) is 79.2. The van der Waals surface area contributed by atoms with Crippen LogP contribution in [0, 0.1) is 11.3 Å². The maximum atomic E-state index is 13.4. The van der Waals surface area contributed by atoms with Crippen molar-refractivity contribution in [3.8, 4) is 22.6 Å². The van der Waals surface area contributed by atoms with E-state index < -0.39 is 23.8 Å². The summed E-state index contributed by atoms with van der Waals surface area (Å²) < 4.78 is 13.6. The van der Waals surface area contributed by atoms with Crippen LogP contribution in [-0.4, -0.2) is 138 Å². The SMILES string of the molecule is COc1cc(-c2cn(C)c(=O)c3cnccc23)cc(OC)c1CN1CCN(C2CCC3(CC2)CCN(CC2CCN(c4ccc5c(c4)C(=O)N(C4CCC(=O)NC4=O)C5=O)CC2)CC3)CC1. The molecule has 7 heterocycles.